The fourth-order valence-corrected chi connectivity index (χ4v) is 2.32. The minimum atomic E-state index is -0.0345. The lowest BCUT2D eigenvalue weighted by Crippen LogP contribution is -2.23. The van der Waals surface area contributed by atoms with E-state index in [2.05, 4.69) is 5.32 Å². The van der Waals surface area contributed by atoms with Gasteiger partial charge in [0.15, 0.2) is 11.5 Å². The Hall–Kier alpha value is -2.40. The topological polar surface area (TPSA) is 49.0 Å². The van der Waals surface area contributed by atoms with Gasteiger partial charge in [0, 0.05) is 6.61 Å². The van der Waals surface area contributed by atoms with Gasteiger partial charge in [-0.1, -0.05) is 24.3 Å². The van der Waals surface area contributed by atoms with Gasteiger partial charge in [0.1, 0.15) is 18.5 Å². The minimum absolute atomic E-state index is 0.0345. The molecule has 0 bridgehead atoms. The van der Waals surface area contributed by atoms with E-state index in [0.29, 0.717) is 26.4 Å². The lowest BCUT2D eigenvalue weighted by Gasteiger charge is -2.19. The number of hydrogen-bond donors (Lipinski definition) is 1. The van der Waals surface area contributed by atoms with E-state index in [1.807, 2.05) is 62.4 Å². The summed E-state index contributed by atoms with van der Waals surface area (Å²) < 4.78 is 22.4. The summed E-state index contributed by atoms with van der Waals surface area (Å²) >= 11 is 0. The molecule has 0 saturated heterocycles. The van der Waals surface area contributed by atoms with Crippen LogP contribution in [0.5, 0.6) is 17.2 Å². The molecule has 136 valence electrons. The van der Waals surface area contributed by atoms with Gasteiger partial charge >= 0.3 is 0 Å². The van der Waals surface area contributed by atoms with Crippen LogP contribution in [-0.2, 0) is 4.74 Å². The van der Waals surface area contributed by atoms with Crippen molar-refractivity contribution in [1.29, 1.82) is 0 Å². The van der Waals surface area contributed by atoms with Gasteiger partial charge in [0.05, 0.1) is 25.9 Å². The predicted molar refractivity (Wildman–Crippen MR) is 100 cm³/mol. The van der Waals surface area contributed by atoms with Crippen molar-refractivity contribution in [3.8, 4) is 17.2 Å². The Kier molecular flexibility index (Phi) is 7.92. The fourth-order valence-electron chi connectivity index (χ4n) is 2.32. The molecule has 2 aromatic carbocycles. The molecule has 5 nitrogen and oxygen atoms in total. The van der Waals surface area contributed by atoms with Crippen LogP contribution in [0.2, 0.25) is 0 Å². The molecular formula is C20H27NO4. The number of ether oxygens (including phenoxy) is 4. The summed E-state index contributed by atoms with van der Waals surface area (Å²) in [5, 5.41) is 3.38. The van der Waals surface area contributed by atoms with Crippen molar-refractivity contribution in [3.05, 3.63) is 48.5 Å². The Balaban J connectivity index is 1.87. The fraction of sp³-hybridized carbons (Fsp3) is 0.400. The summed E-state index contributed by atoms with van der Waals surface area (Å²) in [6.45, 7) is 6.43. The first-order valence-electron chi connectivity index (χ1n) is 8.57. The molecule has 0 aliphatic heterocycles. The highest BCUT2D eigenvalue weighted by molar-refractivity contribution is 5.56. The van der Waals surface area contributed by atoms with Crippen LogP contribution in [-0.4, -0.2) is 39.6 Å². The SMILES string of the molecule is CCOCCOc1ccccc1NCC(C)Oc1ccccc1OC. The molecule has 0 saturated carbocycles. The van der Waals surface area contributed by atoms with E-state index in [9.17, 15) is 0 Å². The van der Waals surface area contributed by atoms with Crippen molar-refractivity contribution in [2.75, 3.05) is 38.8 Å². The van der Waals surface area contributed by atoms with Gasteiger partial charge in [-0.3, -0.25) is 0 Å². The molecule has 0 aromatic heterocycles. The van der Waals surface area contributed by atoms with E-state index in [1.165, 1.54) is 0 Å². The highest BCUT2D eigenvalue weighted by atomic mass is 16.5. The van der Waals surface area contributed by atoms with Gasteiger partial charge in [0.2, 0.25) is 0 Å². The van der Waals surface area contributed by atoms with Crippen LogP contribution in [0.15, 0.2) is 48.5 Å². The van der Waals surface area contributed by atoms with Crippen molar-refractivity contribution in [3.63, 3.8) is 0 Å². The van der Waals surface area contributed by atoms with Crippen molar-refractivity contribution in [2.45, 2.75) is 20.0 Å². The quantitative estimate of drug-likeness (QED) is 0.624. The second kappa shape index (κ2) is 10.5. The number of nitrogens with one attached hydrogen (secondary N) is 1. The van der Waals surface area contributed by atoms with Crippen molar-refractivity contribution < 1.29 is 18.9 Å². The standard InChI is InChI=1S/C20H27NO4/c1-4-23-13-14-24-18-10-6-5-9-17(18)21-15-16(2)25-20-12-8-7-11-19(20)22-3/h5-12,16,21H,4,13-15H2,1-3H3. The molecule has 0 heterocycles. The molecule has 25 heavy (non-hydrogen) atoms. The molecule has 0 fully saturated rings. The molecule has 2 rings (SSSR count). The molecule has 0 amide bonds. The largest absolute Gasteiger partial charge is 0.493 e. The lowest BCUT2D eigenvalue weighted by atomic mass is 10.2. The highest BCUT2D eigenvalue weighted by Crippen LogP contribution is 2.27. The third-order valence-electron chi connectivity index (χ3n) is 3.55. The number of methoxy groups -OCH3 is 1. The second-order valence-electron chi connectivity index (χ2n) is 5.50. The predicted octanol–water partition coefficient (Wildman–Crippen LogP) is 3.99. The zero-order chi connectivity index (χ0) is 17.9. The molecule has 0 radical (unpaired) electrons. The molecule has 1 N–H and O–H groups in total. The summed E-state index contributed by atoms with van der Waals surface area (Å²) in [7, 11) is 1.64. The summed E-state index contributed by atoms with van der Waals surface area (Å²) in [5.74, 6) is 2.28. The summed E-state index contributed by atoms with van der Waals surface area (Å²) in [5.41, 5.74) is 0.939. The Morgan fingerprint density at radius 3 is 2.32 bits per heavy atom. The Bertz CT molecular complexity index is 633. The van der Waals surface area contributed by atoms with Crippen LogP contribution in [0.4, 0.5) is 5.69 Å². The number of hydrogen-bond acceptors (Lipinski definition) is 5. The molecule has 2 aromatic rings. The molecule has 0 aliphatic rings. The Morgan fingerprint density at radius 2 is 1.60 bits per heavy atom. The van der Waals surface area contributed by atoms with Gasteiger partial charge in [-0.25, -0.2) is 0 Å². The maximum atomic E-state index is 5.96. The zero-order valence-electron chi connectivity index (χ0n) is 15.2. The molecule has 5 heteroatoms. The van der Waals surface area contributed by atoms with E-state index >= 15 is 0 Å². The van der Waals surface area contributed by atoms with Crippen LogP contribution >= 0.6 is 0 Å². The Morgan fingerprint density at radius 1 is 0.920 bits per heavy atom. The van der Waals surface area contributed by atoms with E-state index in [4.69, 9.17) is 18.9 Å². The average Bonchev–Trinajstić information content (AvgIpc) is 2.65. The average molecular weight is 345 g/mol. The van der Waals surface area contributed by atoms with Crippen LogP contribution in [0, 0.1) is 0 Å². The van der Waals surface area contributed by atoms with Gasteiger partial charge in [0.25, 0.3) is 0 Å². The molecule has 0 spiro atoms. The zero-order valence-corrected chi connectivity index (χ0v) is 15.2. The summed E-state index contributed by atoms with van der Waals surface area (Å²) in [6.07, 6.45) is -0.0345. The second-order valence-corrected chi connectivity index (χ2v) is 5.50. The van der Waals surface area contributed by atoms with Crippen LogP contribution < -0.4 is 19.5 Å². The molecule has 1 unspecified atom stereocenters. The highest BCUT2D eigenvalue weighted by Gasteiger charge is 2.10. The summed E-state index contributed by atoms with van der Waals surface area (Å²) in [4.78, 5) is 0. The van der Waals surface area contributed by atoms with Crippen molar-refractivity contribution in [2.24, 2.45) is 0 Å². The van der Waals surface area contributed by atoms with Gasteiger partial charge in [-0.2, -0.15) is 0 Å². The van der Waals surface area contributed by atoms with Crippen molar-refractivity contribution in [1.82, 2.24) is 0 Å². The van der Waals surface area contributed by atoms with Crippen LogP contribution in [0.1, 0.15) is 13.8 Å². The van der Waals surface area contributed by atoms with Gasteiger partial charge in [-0.15, -0.1) is 0 Å². The maximum Gasteiger partial charge on any atom is 0.161 e. The van der Waals surface area contributed by atoms with E-state index in [0.717, 1.165) is 22.9 Å². The molecule has 1 atom stereocenters. The third-order valence-corrected chi connectivity index (χ3v) is 3.55. The van der Waals surface area contributed by atoms with E-state index in [1.54, 1.807) is 7.11 Å². The van der Waals surface area contributed by atoms with E-state index in [-0.39, 0.29) is 6.10 Å². The number of benzene rings is 2. The number of anilines is 1. The van der Waals surface area contributed by atoms with Crippen molar-refractivity contribution >= 4 is 5.69 Å². The monoisotopic (exact) mass is 345 g/mol. The first-order chi connectivity index (χ1) is 12.2. The lowest BCUT2D eigenvalue weighted by molar-refractivity contribution is 0.110. The van der Waals surface area contributed by atoms with E-state index < -0.39 is 0 Å². The normalized spacial score (nSPS) is 11.6. The number of rotatable bonds is 11. The third kappa shape index (κ3) is 6.19. The first kappa shape index (κ1) is 18.9. The smallest absolute Gasteiger partial charge is 0.161 e. The number of para-hydroxylation sites is 4. The van der Waals surface area contributed by atoms with Gasteiger partial charge in [-0.05, 0) is 38.1 Å². The minimum Gasteiger partial charge on any atom is -0.493 e. The van der Waals surface area contributed by atoms with Crippen LogP contribution in [0.25, 0.3) is 0 Å². The summed E-state index contributed by atoms with van der Waals surface area (Å²) in [6, 6.07) is 15.5. The first-order valence-corrected chi connectivity index (χ1v) is 8.57. The molecular weight excluding hydrogens is 318 g/mol. The Labute approximate surface area is 149 Å². The van der Waals surface area contributed by atoms with Gasteiger partial charge < -0.3 is 24.3 Å². The van der Waals surface area contributed by atoms with Crippen LogP contribution in [0.3, 0.4) is 0 Å². The molecule has 0 aliphatic carbocycles. The maximum absolute atomic E-state index is 5.96.